The van der Waals surface area contributed by atoms with Crippen LogP contribution in [0.25, 0.3) is 0 Å². The molecular formula is C22H34O5. The third-order valence-electron chi connectivity index (χ3n) is 8.70. The second kappa shape index (κ2) is 6.70. The normalized spacial score (nSPS) is 49.7. The van der Waals surface area contributed by atoms with Gasteiger partial charge in [0, 0.05) is 23.2 Å². The molecule has 0 aromatic heterocycles. The summed E-state index contributed by atoms with van der Waals surface area (Å²) < 4.78 is 5.77. The molecule has 0 heterocycles. The van der Waals surface area contributed by atoms with Crippen molar-refractivity contribution < 1.29 is 24.5 Å². The van der Waals surface area contributed by atoms with Crippen LogP contribution in [0.3, 0.4) is 0 Å². The number of carbonyl (C=O) groups excluding carboxylic acids is 2. The molecule has 3 aliphatic rings. The average Bonchev–Trinajstić information content (AvgIpc) is 3.00. The van der Waals surface area contributed by atoms with Gasteiger partial charge >= 0.3 is 5.97 Å². The largest absolute Gasteiger partial charge is 0.460 e. The minimum Gasteiger partial charge on any atom is -0.460 e. The van der Waals surface area contributed by atoms with E-state index in [2.05, 4.69) is 27.4 Å². The average molecular weight is 379 g/mol. The summed E-state index contributed by atoms with van der Waals surface area (Å²) in [5, 5.41) is 20.6. The number of aliphatic hydroxyl groups is 2. The summed E-state index contributed by atoms with van der Waals surface area (Å²) in [4.78, 5) is 25.2. The monoisotopic (exact) mass is 378 g/mol. The fourth-order valence-corrected chi connectivity index (χ4v) is 6.70. The highest BCUT2D eigenvalue weighted by molar-refractivity contribution is 5.85. The van der Waals surface area contributed by atoms with Crippen molar-refractivity contribution in [1.82, 2.24) is 0 Å². The van der Waals surface area contributed by atoms with Crippen molar-refractivity contribution in [3.63, 3.8) is 0 Å². The Morgan fingerprint density at radius 1 is 1.33 bits per heavy atom. The molecule has 3 saturated carbocycles. The van der Waals surface area contributed by atoms with E-state index in [1.165, 1.54) is 0 Å². The van der Waals surface area contributed by atoms with Crippen molar-refractivity contribution in [3.05, 3.63) is 12.7 Å². The van der Waals surface area contributed by atoms with Crippen molar-refractivity contribution in [1.29, 1.82) is 0 Å². The van der Waals surface area contributed by atoms with Gasteiger partial charge in [0.2, 0.25) is 0 Å². The highest BCUT2D eigenvalue weighted by Gasteiger charge is 2.68. The molecule has 3 fully saturated rings. The molecule has 5 heteroatoms. The van der Waals surface area contributed by atoms with Gasteiger partial charge in [0.1, 0.15) is 18.5 Å². The molecule has 27 heavy (non-hydrogen) atoms. The molecule has 0 aromatic carbocycles. The second-order valence-electron chi connectivity index (χ2n) is 9.72. The van der Waals surface area contributed by atoms with Gasteiger partial charge in [-0.2, -0.15) is 0 Å². The summed E-state index contributed by atoms with van der Waals surface area (Å²) in [6.07, 6.45) is 4.10. The predicted molar refractivity (Wildman–Crippen MR) is 102 cm³/mol. The summed E-state index contributed by atoms with van der Waals surface area (Å²) in [7, 11) is 0. The maximum atomic E-state index is 13.1. The zero-order valence-corrected chi connectivity index (χ0v) is 17.0. The second-order valence-corrected chi connectivity index (χ2v) is 9.72. The Balaban J connectivity index is 2.21. The Kier molecular flexibility index (Phi) is 5.09. The number of Topliss-reactive ketones (excluding diaryl/α,β-unsaturated/α-hetero) is 1. The SMILES string of the molecule is C=C[C@]1(C)C[C@@H](OC(=O)CO)[C@]2(C)C(C)CCC3(CCC(=O)C32)[C@@H](C)[C@@H]1O. The lowest BCUT2D eigenvalue weighted by atomic mass is 9.44. The van der Waals surface area contributed by atoms with E-state index in [0.717, 1.165) is 19.3 Å². The maximum Gasteiger partial charge on any atom is 0.332 e. The minimum atomic E-state index is -0.686. The van der Waals surface area contributed by atoms with Crippen LogP contribution in [0.15, 0.2) is 12.7 Å². The van der Waals surface area contributed by atoms with Crippen molar-refractivity contribution in [3.8, 4) is 0 Å². The van der Waals surface area contributed by atoms with Gasteiger partial charge in [-0.15, -0.1) is 6.58 Å². The standard InChI is InChI=1S/C22H34O5/c1-6-20(4)11-16(27-17(25)12-23)21(5)13(2)7-9-22(14(3)19(20)26)10-8-15(24)18(21)22/h6,13-14,16,18-19,23,26H,1,7-12H2,2-5H3/t13?,14-,16+,18?,19-,20+,21-,22?/m0/s1. The van der Waals surface area contributed by atoms with Crippen LogP contribution >= 0.6 is 0 Å². The first-order valence-electron chi connectivity index (χ1n) is 10.2. The highest BCUT2D eigenvalue weighted by atomic mass is 16.6. The summed E-state index contributed by atoms with van der Waals surface area (Å²) in [6.45, 7) is 11.5. The van der Waals surface area contributed by atoms with E-state index < -0.39 is 35.6 Å². The van der Waals surface area contributed by atoms with E-state index in [9.17, 15) is 19.8 Å². The molecule has 2 N–H and O–H groups in total. The third kappa shape index (κ3) is 2.72. The van der Waals surface area contributed by atoms with E-state index in [1.807, 2.05) is 6.92 Å². The molecule has 152 valence electrons. The van der Waals surface area contributed by atoms with Gasteiger partial charge in [0.25, 0.3) is 0 Å². The van der Waals surface area contributed by atoms with Crippen LogP contribution in [0.5, 0.6) is 0 Å². The van der Waals surface area contributed by atoms with Gasteiger partial charge in [-0.1, -0.05) is 33.8 Å². The molecule has 3 aliphatic carbocycles. The van der Waals surface area contributed by atoms with Gasteiger partial charge in [-0.05, 0) is 42.9 Å². The molecular weight excluding hydrogens is 344 g/mol. The van der Waals surface area contributed by atoms with Gasteiger partial charge in [0.15, 0.2) is 0 Å². The first-order chi connectivity index (χ1) is 12.6. The summed E-state index contributed by atoms with van der Waals surface area (Å²) in [5.41, 5.74) is -1.43. The van der Waals surface area contributed by atoms with E-state index in [-0.39, 0.29) is 29.0 Å². The Morgan fingerprint density at radius 2 is 2.00 bits per heavy atom. The molecule has 5 nitrogen and oxygen atoms in total. The molecule has 0 amide bonds. The van der Waals surface area contributed by atoms with Crippen LogP contribution in [0, 0.1) is 34.0 Å². The molecule has 3 rings (SSSR count). The van der Waals surface area contributed by atoms with Crippen LogP contribution in [0.1, 0.15) is 59.8 Å². The lowest BCUT2D eigenvalue weighted by Crippen LogP contribution is -2.63. The molecule has 2 bridgehead atoms. The highest BCUT2D eigenvalue weighted by Crippen LogP contribution is 2.67. The lowest BCUT2D eigenvalue weighted by molar-refractivity contribution is -0.207. The van der Waals surface area contributed by atoms with Crippen LogP contribution in [0.2, 0.25) is 0 Å². The Bertz CT molecular complexity index is 645. The van der Waals surface area contributed by atoms with E-state index in [0.29, 0.717) is 12.8 Å². The number of ether oxygens (including phenoxy) is 1. The number of esters is 1. The van der Waals surface area contributed by atoms with Gasteiger partial charge in [-0.3, -0.25) is 4.79 Å². The number of hydrogen-bond donors (Lipinski definition) is 2. The zero-order valence-electron chi connectivity index (χ0n) is 17.0. The minimum absolute atomic E-state index is 0.0433. The molecule has 8 atom stereocenters. The fraction of sp³-hybridized carbons (Fsp3) is 0.818. The predicted octanol–water partition coefficient (Wildman–Crippen LogP) is 2.89. The Hall–Kier alpha value is -1.20. The van der Waals surface area contributed by atoms with Crippen molar-refractivity contribution in [2.24, 2.45) is 34.0 Å². The number of ketones is 1. The van der Waals surface area contributed by atoms with Gasteiger partial charge in [-0.25, -0.2) is 4.79 Å². The summed E-state index contributed by atoms with van der Waals surface area (Å²) in [6, 6.07) is 0. The van der Waals surface area contributed by atoms with Crippen molar-refractivity contribution >= 4 is 11.8 Å². The number of carbonyl (C=O) groups is 2. The molecule has 0 aliphatic heterocycles. The summed E-state index contributed by atoms with van der Waals surface area (Å²) in [5.74, 6) is -0.520. The van der Waals surface area contributed by atoms with Crippen LogP contribution < -0.4 is 0 Å². The molecule has 0 saturated heterocycles. The molecule has 3 unspecified atom stereocenters. The Labute approximate surface area is 162 Å². The maximum absolute atomic E-state index is 13.1. The molecule has 0 radical (unpaired) electrons. The first kappa shape index (κ1) is 20.5. The summed E-state index contributed by atoms with van der Waals surface area (Å²) >= 11 is 0. The zero-order chi connectivity index (χ0) is 20.2. The first-order valence-corrected chi connectivity index (χ1v) is 10.2. The number of rotatable bonds is 3. The lowest BCUT2D eigenvalue weighted by Gasteiger charge is -2.61. The number of hydrogen-bond acceptors (Lipinski definition) is 5. The quantitative estimate of drug-likeness (QED) is 0.583. The third-order valence-corrected chi connectivity index (χ3v) is 8.70. The fourth-order valence-electron chi connectivity index (χ4n) is 6.70. The van der Waals surface area contributed by atoms with Crippen LogP contribution in [0.4, 0.5) is 0 Å². The van der Waals surface area contributed by atoms with Crippen LogP contribution in [-0.2, 0) is 14.3 Å². The molecule has 0 spiro atoms. The van der Waals surface area contributed by atoms with E-state index >= 15 is 0 Å². The van der Waals surface area contributed by atoms with Crippen LogP contribution in [-0.4, -0.2) is 40.8 Å². The number of aliphatic hydroxyl groups excluding tert-OH is 2. The van der Waals surface area contributed by atoms with E-state index in [1.54, 1.807) is 6.08 Å². The van der Waals surface area contributed by atoms with Gasteiger partial charge < -0.3 is 14.9 Å². The van der Waals surface area contributed by atoms with E-state index in [4.69, 9.17) is 4.74 Å². The topological polar surface area (TPSA) is 83.8 Å². The Morgan fingerprint density at radius 3 is 2.59 bits per heavy atom. The van der Waals surface area contributed by atoms with Crippen molar-refractivity contribution in [2.45, 2.75) is 72.0 Å². The molecule has 0 aromatic rings. The van der Waals surface area contributed by atoms with Gasteiger partial charge in [0.05, 0.1) is 6.10 Å². The van der Waals surface area contributed by atoms with Crippen molar-refractivity contribution in [2.75, 3.05) is 6.61 Å². The smallest absolute Gasteiger partial charge is 0.332 e.